The molecule has 2 rings (SSSR count). The van der Waals surface area contributed by atoms with Crippen molar-refractivity contribution in [3.8, 4) is 0 Å². The summed E-state index contributed by atoms with van der Waals surface area (Å²) in [5.41, 5.74) is 0.206. The molecule has 1 aliphatic rings. The highest BCUT2D eigenvalue weighted by atomic mass is 16.2. The third-order valence-electron chi connectivity index (χ3n) is 3.73. The lowest BCUT2D eigenvalue weighted by atomic mass is 10.3. The van der Waals surface area contributed by atoms with E-state index < -0.39 is 0 Å². The van der Waals surface area contributed by atoms with Gasteiger partial charge in [0.1, 0.15) is 0 Å². The van der Waals surface area contributed by atoms with Crippen molar-refractivity contribution in [3.05, 3.63) is 32.6 Å². The number of aromatic nitrogens is 2. The summed E-state index contributed by atoms with van der Waals surface area (Å²) in [4.78, 5) is 25.7. The summed E-state index contributed by atoms with van der Waals surface area (Å²) < 4.78 is 2.64. The summed E-state index contributed by atoms with van der Waals surface area (Å²) in [7, 11) is 3.19. The molecular weight excluding hydrogens is 244 g/mol. The van der Waals surface area contributed by atoms with Crippen molar-refractivity contribution in [2.45, 2.75) is 19.4 Å². The Bertz CT molecular complexity index is 541. The van der Waals surface area contributed by atoms with Crippen molar-refractivity contribution < 1.29 is 0 Å². The first-order valence-corrected chi connectivity index (χ1v) is 6.78. The van der Waals surface area contributed by atoms with Crippen molar-refractivity contribution in [3.63, 3.8) is 0 Å². The fourth-order valence-corrected chi connectivity index (χ4v) is 2.41. The van der Waals surface area contributed by atoms with E-state index in [-0.39, 0.29) is 11.2 Å². The number of hydrogen-bond acceptors (Lipinski definition) is 4. The highest BCUT2D eigenvalue weighted by Crippen LogP contribution is 2.05. The van der Waals surface area contributed by atoms with Crippen molar-refractivity contribution in [2.75, 3.05) is 26.2 Å². The third kappa shape index (κ3) is 3.33. The van der Waals surface area contributed by atoms with Crippen LogP contribution in [0.15, 0.2) is 15.7 Å². The Labute approximate surface area is 112 Å². The summed E-state index contributed by atoms with van der Waals surface area (Å²) >= 11 is 0. The van der Waals surface area contributed by atoms with Crippen molar-refractivity contribution >= 4 is 0 Å². The average molecular weight is 266 g/mol. The molecule has 0 amide bonds. The molecule has 0 saturated carbocycles. The van der Waals surface area contributed by atoms with Crippen LogP contribution >= 0.6 is 0 Å². The number of nitrogens with zero attached hydrogens (tertiary/aromatic N) is 3. The van der Waals surface area contributed by atoms with Gasteiger partial charge in [0.15, 0.2) is 0 Å². The molecule has 1 aromatic heterocycles. The standard InChI is InChI=1S/C13H22N4O2/c1-15-11(9-12(18)16(2)13(15)19)10-14-5-8-17-6-3-4-7-17/h9,14H,3-8,10H2,1-2H3. The van der Waals surface area contributed by atoms with Crippen LogP contribution in [0.25, 0.3) is 0 Å². The van der Waals surface area contributed by atoms with Gasteiger partial charge in [-0.2, -0.15) is 0 Å². The van der Waals surface area contributed by atoms with Gasteiger partial charge in [0.2, 0.25) is 0 Å². The number of hydrogen-bond donors (Lipinski definition) is 1. The predicted octanol–water partition coefficient (Wildman–Crippen LogP) is -0.731. The molecule has 1 aliphatic heterocycles. The summed E-state index contributed by atoms with van der Waals surface area (Å²) in [6.45, 7) is 4.83. The van der Waals surface area contributed by atoms with Gasteiger partial charge in [-0.1, -0.05) is 0 Å². The molecule has 0 atom stereocenters. The second-order valence-corrected chi connectivity index (χ2v) is 5.10. The lowest BCUT2D eigenvalue weighted by Gasteiger charge is -2.15. The zero-order valence-corrected chi connectivity index (χ0v) is 11.7. The molecule has 0 bridgehead atoms. The van der Waals surface area contributed by atoms with Crippen LogP contribution in [-0.4, -0.2) is 40.2 Å². The SMILES string of the molecule is Cn1c(CNCCN2CCCC2)cc(=O)n(C)c1=O. The molecule has 0 aromatic carbocycles. The molecule has 1 fully saturated rings. The minimum absolute atomic E-state index is 0.251. The normalized spacial score (nSPS) is 16.1. The topological polar surface area (TPSA) is 59.3 Å². The van der Waals surface area contributed by atoms with Crippen LogP contribution in [-0.2, 0) is 20.6 Å². The molecule has 0 aliphatic carbocycles. The van der Waals surface area contributed by atoms with Gasteiger partial charge < -0.3 is 10.2 Å². The Morgan fingerprint density at radius 1 is 1.16 bits per heavy atom. The Morgan fingerprint density at radius 2 is 1.84 bits per heavy atom. The van der Waals surface area contributed by atoms with Gasteiger partial charge in [-0.05, 0) is 25.9 Å². The third-order valence-corrected chi connectivity index (χ3v) is 3.73. The Kier molecular flexibility index (Phi) is 4.55. The summed E-state index contributed by atoms with van der Waals surface area (Å²) in [6.07, 6.45) is 2.59. The highest BCUT2D eigenvalue weighted by molar-refractivity contribution is 5.01. The fraction of sp³-hybridized carbons (Fsp3) is 0.692. The van der Waals surface area contributed by atoms with Gasteiger partial charge in [-0.15, -0.1) is 0 Å². The molecule has 1 N–H and O–H groups in total. The maximum absolute atomic E-state index is 11.7. The molecule has 6 nitrogen and oxygen atoms in total. The van der Waals surface area contributed by atoms with Crippen LogP contribution in [0.4, 0.5) is 0 Å². The minimum atomic E-state index is -0.274. The Hall–Kier alpha value is -1.40. The minimum Gasteiger partial charge on any atom is -0.310 e. The molecule has 0 radical (unpaired) electrons. The smallest absolute Gasteiger partial charge is 0.310 e. The molecule has 19 heavy (non-hydrogen) atoms. The zero-order valence-electron chi connectivity index (χ0n) is 11.7. The van der Waals surface area contributed by atoms with Gasteiger partial charge in [-0.25, -0.2) is 4.79 Å². The van der Waals surface area contributed by atoms with E-state index in [4.69, 9.17) is 0 Å². The molecule has 1 saturated heterocycles. The Morgan fingerprint density at radius 3 is 2.53 bits per heavy atom. The molecule has 1 aromatic rings. The summed E-state index contributed by atoms with van der Waals surface area (Å²) in [5, 5.41) is 3.29. The lowest BCUT2D eigenvalue weighted by molar-refractivity contribution is 0.335. The van der Waals surface area contributed by atoms with E-state index in [0.717, 1.165) is 23.4 Å². The van der Waals surface area contributed by atoms with Crippen LogP contribution in [0.3, 0.4) is 0 Å². The zero-order chi connectivity index (χ0) is 13.8. The van der Waals surface area contributed by atoms with E-state index >= 15 is 0 Å². The number of nitrogens with one attached hydrogen (secondary N) is 1. The van der Waals surface area contributed by atoms with E-state index in [9.17, 15) is 9.59 Å². The van der Waals surface area contributed by atoms with Gasteiger partial charge in [-0.3, -0.25) is 13.9 Å². The first-order valence-electron chi connectivity index (χ1n) is 6.78. The molecule has 2 heterocycles. The van der Waals surface area contributed by atoms with Crippen LogP contribution < -0.4 is 16.6 Å². The maximum atomic E-state index is 11.7. The molecular formula is C13H22N4O2. The summed E-state index contributed by atoms with van der Waals surface area (Å²) in [6, 6.07) is 1.52. The highest BCUT2D eigenvalue weighted by Gasteiger charge is 2.10. The first kappa shape index (κ1) is 14.0. The van der Waals surface area contributed by atoms with Crippen LogP contribution in [0.1, 0.15) is 18.5 Å². The predicted molar refractivity (Wildman–Crippen MR) is 74.3 cm³/mol. The molecule has 6 heteroatoms. The van der Waals surface area contributed by atoms with Gasteiger partial charge in [0.05, 0.1) is 0 Å². The summed E-state index contributed by atoms with van der Waals surface area (Å²) in [5.74, 6) is 0. The van der Waals surface area contributed by atoms with E-state index in [1.165, 1.54) is 43.6 Å². The lowest BCUT2D eigenvalue weighted by Crippen LogP contribution is -2.39. The number of likely N-dealkylation sites (tertiary alicyclic amines) is 1. The van der Waals surface area contributed by atoms with E-state index in [1.807, 2.05) is 0 Å². The van der Waals surface area contributed by atoms with Crippen LogP contribution in [0, 0.1) is 0 Å². The van der Waals surface area contributed by atoms with Crippen molar-refractivity contribution in [1.29, 1.82) is 0 Å². The van der Waals surface area contributed by atoms with E-state index in [0.29, 0.717) is 6.54 Å². The second-order valence-electron chi connectivity index (χ2n) is 5.10. The molecule has 0 spiro atoms. The fourth-order valence-electron chi connectivity index (χ4n) is 2.41. The Balaban J connectivity index is 1.89. The molecule has 106 valence electrons. The quantitative estimate of drug-likeness (QED) is 0.714. The van der Waals surface area contributed by atoms with Crippen molar-refractivity contribution in [1.82, 2.24) is 19.4 Å². The van der Waals surface area contributed by atoms with Gasteiger partial charge >= 0.3 is 5.69 Å². The monoisotopic (exact) mass is 266 g/mol. The van der Waals surface area contributed by atoms with Gasteiger partial charge in [0, 0.05) is 45.5 Å². The van der Waals surface area contributed by atoms with E-state index in [2.05, 4.69) is 10.2 Å². The first-order chi connectivity index (χ1) is 9.09. The maximum Gasteiger partial charge on any atom is 0.330 e. The van der Waals surface area contributed by atoms with Gasteiger partial charge in [0.25, 0.3) is 5.56 Å². The van der Waals surface area contributed by atoms with Crippen molar-refractivity contribution in [2.24, 2.45) is 14.1 Å². The largest absolute Gasteiger partial charge is 0.330 e. The number of rotatable bonds is 5. The van der Waals surface area contributed by atoms with Crippen LogP contribution in [0.5, 0.6) is 0 Å². The van der Waals surface area contributed by atoms with Crippen LogP contribution in [0.2, 0.25) is 0 Å². The van der Waals surface area contributed by atoms with E-state index in [1.54, 1.807) is 7.05 Å². The second kappa shape index (κ2) is 6.16. The average Bonchev–Trinajstić information content (AvgIpc) is 2.91. The molecule has 0 unspecified atom stereocenters.